The average Bonchev–Trinajstić information content (AvgIpc) is 2.36. The summed E-state index contributed by atoms with van der Waals surface area (Å²) in [7, 11) is 0. The first-order valence-electron chi connectivity index (χ1n) is 5.63. The van der Waals surface area contributed by atoms with Gasteiger partial charge in [0.25, 0.3) is 0 Å². The molecule has 94 valence electrons. The quantitative estimate of drug-likeness (QED) is 0.469. The van der Waals surface area contributed by atoms with Crippen LogP contribution in [0.3, 0.4) is 0 Å². The molecule has 0 amide bonds. The Morgan fingerprint density at radius 1 is 1.47 bits per heavy atom. The topological polar surface area (TPSA) is 62.0 Å². The predicted molar refractivity (Wildman–Crippen MR) is 66.8 cm³/mol. The Bertz CT molecular complexity index is 399. The van der Waals surface area contributed by atoms with Gasteiger partial charge < -0.3 is 15.1 Å². The molecule has 17 heavy (non-hydrogen) atoms. The summed E-state index contributed by atoms with van der Waals surface area (Å²) in [6, 6.07) is 7.24. The second kappa shape index (κ2) is 5.68. The van der Waals surface area contributed by atoms with Gasteiger partial charge >= 0.3 is 0 Å². The molecular weight excluding hydrogens is 218 g/mol. The molecule has 0 aliphatic carbocycles. The van der Waals surface area contributed by atoms with Crippen molar-refractivity contribution in [3.63, 3.8) is 0 Å². The van der Waals surface area contributed by atoms with Gasteiger partial charge in [0, 0.05) is 5.56 Å². The predicted octanol–water partition coefficient (Wildman–Crippen LogP) is 2.42. The fourth-order valence-electron chi connectivity index (χ4n) is 1.21. The van der Waals surface area contributed by atoms with Gasteiger partial charge in [-0.25, -0.2) is 0 Å². The van der Waals surface area contributed by atoms with Crippen LogP contribution in [-0.4, -0.2) is 28.2 Å². The van der Waals surface area contributed by atoms with Crippen LogP contribution < -0.4 is 4.74 Å². The SMILES string of the molecule is CCC(C)(O)COc1cccc(/C(C)=N/O)c1. The molecule has 0 fully saturated rings. The summed E-state index contributed by atoms with van der Waals surface area (Å²) in [6.07, 6.45) is 0.629. The standard InChI is InChI=1S/C13H19NO3/c1-4-13(3,15)9-17-12-7-5-6-11(8-12)10(2)14-16/h5-8,15-16H,4,9H2,1-3H3/b14-10+. The van der Waals surface area contributed by atoms with Gasteiger partial charge in [0.2, 0.25) is 0 Å². The summed E-state index contributed by atoms with van der Waals surface area (Å²) in [5, 5.41) is 21.6. The zero-order chi connectivity index (χ0) is 12.9. The molecule has 4 heteroatoms. The third-order valence-corrected chi connectivity index (χ3v) is 2.71. The minimum Gasteiger partial charge on any atom is -0.491 e. The summed E-state index contributed by atoms with van der Waals surface area (Å²) < 4.78 is 5.51. The van der Waals surface area contributed by atoms with Crippen molar-refractivity contribution in [1.82, 2.24) is 0 Å². The maximum Gasteiger partial charge on any atom is 0.120 e. The number of aliphatic hydroxyl groups is 1. The van der Waals surface area contributed by atoms with Crippen LogP contribution in [0.5, 0.6) is 5.75 Å². The second-order valence-electron chi connectivity index (χ2n) is 4.35. The summed E-state index contributed by atoms with van der Waals surface area (Å²) in [4.78, 5) is 0. The fraction of sp³-hybridized carbons (Fsp3) is 0.462. The maximum absolute atomic E-state index is 9.82. The Hall–Kier alpha value is -1.55. The zero-order valence-electron chi connectivity index (χ0n) is 10.5. The molecule has 0 bridgehead atoms. The highest BCUT2D eigenvalue weighted by Crippen LogP contribution is 2.17. The van der Waals surface area contributed by atoms with Crippen LogP contribution in [0.4, 0.5) is 0 Å². The first-order chi connectivity index (χ1) is 7.98. The zero-order valence-corrected chi connectivity index (χ0v) is 10.5. The lowest BCUT2D eigenvalue weighted by atomic mass is 10.1. The van der Waals surface area contributed by atoms with E-state index in [1.165, 1.54) is 0 Å². The van der Waals surface area contributed by atoms with Crippen LogP contribution >= 0.6 is 0 Å². The van der Waals surface area contributed by atoms with Crippen LogP contribution in [0.1, 0.15) is 32.8 Å². The maximum atomic E-state index is 9.82. The van der Waals surface area contributed by atoms with E-state index in [9.17, 15) is 5.11 Å². The molecule has 0 saturated heterocycles. The molecule has 2 N–H and O–H groups in total. The van der Waals surface area contributed by atoms with E-state index in [2.05, 4.69) is 5.16 Å². The molecule has 4 nitrogen and oxygen atoms in total. The first-order valence-corrected chi connectivity index (χ1v) is 5.63. The van der Waals surface area contributed by atoms with Gasteiger partial charge in [0.15, 0.2) is 0 Å². The number of hydrogen-bond donors (Lipinski definition) is 2. The van der Waals surface area contributed by atoms with E-state index in [0.29, 0.717) is 17.9 Å². The van der Waals surface area contributed by atoms with Crippen molar-refractivity contribution in [3.05, 3.63) is 29.8 Å². The lowest BCUT2D eigenvalue weighted by Gasteiger charge is -2.21. The van der Waals surface area contributed by atoms with Gasteiger partial charge in [-0.2, -0.15) is 0 Å². The molecule has 1 aromatic rings. The van der Waals surface area contributed by atoms with Crippen molar-refractivity contribution in [2.75, 3.05) is 6.61 Å². The monoisotopic (exact) mass is 237 g/mol. The van der Waals surface area contributed by atoms with Gasteiger partial charge in [-0.05, 0) is 32.4 Å². The van der Waals surface area contributed by atoms with Crippen molar-refractivity contribution in [3.8, 4) is 5.75 Å². The molecule has 0 heterocycles. The van der Waals surface area contributed by atoms with E-state index < -0.39 is 5.60 Å². The van der Waals surface area contributed by atoms with Gasteiger partial charge in [0.05, 0.1) is 11.3 Å². The Labute approximate surface area is 102 Å². The third-order valence-electron chi connectivity index (χ3n) is 2.71. The molecule has 1 rings (SSSR count). The minimum atomic E-state index is -0.823. The molecule has 1 atom stereocenters. The van der Waals surface area contributed by atoms with Crippen LogP contribution in [0.15, 0.2) is 29.4 Å². The Kier molecular flexibility index (Phi) is 4.52. The van der Waals surface area contributed by atoms with E-state index >= 15 is 0 Å². The summed E-state index contributed by atoms with van der Waals surface area (Å²) in [5.74, 6) is 0.652. The van der Waals surface area contributed by atoms with Crippen LogP contribution in [0, 0.1) is 0 Å². The summed E-state index contributed by atoms with van der Waals surface area (Å²) in [5.41, 5.74) is 0.495. The number of hydrogen-bond acceptors (Lipinski definition) is 4. The van der Waals surface area contributed by atoms with Gasteiger partial charge in [-0.3, -0.25) is 0 Å². The van der Waals surface area contributed by atoms with E-state index in [1.54, 1.807) is 26.0 Å². The number of nitrogens with zero attached hydrogens (tertiary/aromatic N) is 1. The van der Waals surface area contributed by atoms with Crippen molar-refractivity contribution in [1.29, 1.82) is 0 Å². The number of ether oxygens (including phenoxy) is 1. The first kappa shape index (κ1) is 13.5. The molecule has 0 aliphatic heterocycles. The Morgan fingerprint density at radius 2 is 2.18 bits per heavy atom. The summed E-state index contributed by atoms with van der Waals surface area (Å²) >= 11 is 0. The smallest absolute Gasteiger partial charge is 0.120 e. The molecular formula is C13H19NO3. The van der Waals surface area contributed by atoms with Crippen LogP contribution in [0.2, 0.25) is 0 Å². The molecule has 0 saturated carbocycles. The minimum absolute atomic E-state index is 0.238. The Balaban J connectivity index is 2.73. The highest BCUT2D eigenvalue weighted by molar-refractivity contribution is 5.98. The summed E-state index contributed by atoms with van der Waals surface area (Å²) in [6.45, 7) is 5.59. The van der Waals surface area contributed by atoms with Gasteiger partial charge in [-0.1, -0.05) is 24.2 Å². The van der Waals surface area contributed by atoms with Crippen molar-refractivity contribution in [2.24, 2.45) is 5.16 Å². The molecule has 1 aromatic carbocycles. The molecule has 0 aromatic heterocycles. The van der Waals surface area contributed by atoms with E-state index in [-0.39, 0.29) is 6.61 Å². The third kappa shape index (κ3) is 4.07. The largest absolute Gasteiger partial charge is 0.491 e. The highest BCUT2D eigenvalue weighted by atomic mass is 16.5. The van der Waals surface area contributed by atoms with Crippen molar-refractivity contribution >= 4 is 5.71 Å². The lowest BCUT2D eigenvalue weighted by molar-refractivity contribution is 0.00846. The molecule has 1 unspecified atom stereocenters. The number of oxime groups is 1. The average molecular weight is 237 g/mol. The highest BCUT2D eigenvalue weighted by Gasteiger charge is 2.18. The van der Waals surface area contributed by atoms with Gasteiger partial charge in [-0.15, -0.1) is 0 Å². The lowest BCUT2D eigenvalue weighted by Crippen LogP contribution is -2.31. The van der Waals surface area contributed by atoms with Crippen LogP contribution in [-0.2, 0) is 0 Å². The number of benzene rings is 1. The molecule has 0 spiro atoms. The molecule has 0 aliphatic rings. The van der Waals surface area contributed by atoms with E-state index in [1.807, 2.05) is 19.1 Å². The Morgan fingerprint density at radius 3 is 2.76 bits per heavy atom. The molecule has 0 radical (unpaired) electrons. The normalized spacial score (nSPS) is 15.4. The number of rotatable bonds is 5. The fourth-order valence-corrected chi connectivity index (χ4v) is 1.21. The van der Waals surface area contributed by atoms with E-state index in [0.717, 1.165) is 5.56 Å². The van der Waals surface area contributed by atoms with Gasteiger partial charge in [0.1, 0.15) is 12.4 Å². The van der Waals surface area contributed by atoms with Crippen molar-refractivity contribution < 1.29 is 15.1 Å². The van der Waals surface area contributed by atoms with E-state index in [4.69, 9.17) is 9.94 Å². The second-order valence-corrected chi connectivity index (χ2v) is 4.35. The van der Waals surface area contributed by atoms with Crippen LogP contribution in [0.25, 0.3) is 0 Å². The van der Waals surface area contributed by atoms with Crippen molar-refractivity contribution in [2.45, 2.75) is 32.8 Å².